The second-order valence-electron chi connectivity index (χ2n) is 23.4. The minimum absolute atomic E-state index is 0.00236. The Morgan fingerprint density at radius 1 is 0.874 bits per heavy atom. The standard InChI is InChI=1S/C64H74N12O8S3/c1-40-47-15-12-30-75(58(47)72-71-57(40)70-62-67-48-16-9-10-17-50(48)86-62)63-69-54(61(82)83)51(87-63)18-13-35-84-46-27-23-42(24-28-46)14-11-29-73-31-33-74(34-32-73)53(79)20-8-6-7-19-52(78)68-56(64(3,4)5)60(81)76-38-45(77)36-49(76)59(80)65-37-43-21-25-44(26-22-43)55-41(2)66-39-85-55/h9-10,16-17,21-28,39,45,49,56,77H,6-8,12-13,15,18-20,29-38H2,1-5H3,(H,65,80)(H,68,78)(H,82,83)(H,67,70,71)/t45-,49-,56+/m1/s1. The van der Waals surface area contributed by atoms with Crippen molar-refractivity contribution in [1.29, 1.82) is 0 Å². The molecule has 456 valence electrons. The summed E-state index contributed by atoms with van der Waals surface area (Å²) in [7, 11) is 0. The predicted octanol–water partition coefficient (Wildman–Crippen LogP) is 9.08. The van der Waals surface area contributed by atoms with Crippen LogP contribution >= 0.6 is 34.0 Å². The summed E-state index contributed by atoms with van der Waals surface area (Å²) in [4.78, 5) is 89.4. The molecule has 5 N–H and O–H groups in total. The number of aromatic nitrogens is 5. The summed E-state index contributed by atoms with van der Waals surface area (Å²) in [6.45, 7) is 14.1. The molecular weight excluding hydrogens is 1160 g/mol. The van der Waals surface area contributed by atoms with Crippen LogP contribution in [-0.4, -0.2) is 150 Å². The van der Waals surface area contributed by atoms with Crippen LogP contribution in [0.2, 0.25) is 0 Å². The van der Waals surface area contributed by atoms with Crippen molar-refractivity contribution in [1.82, 2.24) is 50.5 Å². The third kappa shape index (κ3) is 15.6. The first kappa shape index (κ1) is 62.2. The Hall–Kier alpha value is -7.88. The molecular formula is C64H74N12O8S3. The van der Waals surface area contributed by atoms with Gasteiger partial charge < -0.3 is 45.6 Å². The van der Waals surface area contributed by atoms with E-state index < -0.39 is 35.5 Å². The Balaban J connectivity index is 0.603. The van der Waals surface area contributed by atoms with Crippen molar-refractivity contribution in [3.8, 4) is 28.0 Å². The minimum Gasteiger partial charge on any atom is -0.494 e. The molecule has 4 amide bonds. The van der Waals surface area contributed by atoms with Gasteiger partial charge in [-0.3, -0.25) is 24.1 Å². The molecule has 7 aromatic rings. The molecule has 0 bridgehead atoms. The molecule has 3 atom stereocenters. The largest absolute Gasteiger partial charge is 0.494 e. The molecule has 2 fully saturated rings. The molecule has 2 saturated heterocycles. The average molecular weight is 1240 g/mol. The minimum atomic E-state index is -1.07. The van der Waals surface area contributed by atoms with Crippen LogP contribution in [0.5, 0.6) is 5.75 Å². The summed E-state index contributed by atoms with van der Waals surface area (Å²) >= 11 is 4.50. The van der Waals surface area contributed by atoms with Gasteiger partial charge in [0.1, 0.15) is 17.8 Å². The molecule has 10 rings (SSSR count). The number of likely N-dealkylation sites (tertiary alicyclic amines) is 1. The highest BCUT2D eigenvalue weighted by Crippen LogP contribution is 2.39. The number of hydrogen-bond donors (Lipinski definition) is 5. The van der Waals surface area contributed by atoms with E-state index in [0.717, 1.165) is 79.7 Å². The summed E-state index contributed by atoms with van der Waals surface area (Å²) in [5.41, 5.74) is 7.91. The zero-order chi connectivity index (χ0) is 61.2. The van der Waals surface area contributed by atoms with Gasteiger partial charge in [-0.15, -0.1) is 32.9 Å². The highest BCUT2D eigenvalue weighted by molar-refractivity contribution is 7.22. The number of β-amino-alcohol motifs (C(OH)–C–C–N with tert-alkyl or cyclic N) is 1. The Morgan fingerprint density at radius 3 is 2.38 bits per heavy atom. The van der Waals surface area contributed by atoms with E-state index in [1.807, 2.05) is 123 Å². The molecule has 0 unspecified atom stereocenters. The fraction of sp³-hybridized carbons (Fsp3) is 0.438. The molecule has 3 aliphatic rings. The number of anilines is 4. The Bertz CT molecular complexity index is 3620. The van der Waals surface area contributed by atoms with E-state index in [1.54, 1.807) is 22.7 Å². The zero-order valence-corrected chi connectivity index (χ0v) is 52.2. The molecule has 0 saturated carbocycles. The third-order valence-electron chi connectivity index (χ3n) is 16.0. The highest BCUT2D eigenvalue weighted by Gasteiger charge is 2.44. The first-order valence-corrected chi connectivity index (χ1v) is 32.2. The Labute approximate surface area is 518 Å². The van der Waals surface area contributed by atoms with E-state index in [9.17, 15) is 34.2 Å². The quantitative estimate of drug-likeness (QED) is 0.0314. The van der Waals surface area contributed by atoms with Crippen molar-refractivity contribution in [3.63, 3.8) is 0 Å². The number of unbranched alkanes of at least 4 members (excludes halogenated alkanes) is 2. The Kier molecular flexibility index (Phi) is 20.2. The number of nitrogens with one attached hydrogen (secondary N) is 3. The number of nitrogens with zero attached hydrogens (tertiary/aromatic N) is 9. The van der Waals surface area contributed by atoms with Gasteiger partial charge in [-0.25, -0.2) is 19.7 Å². The van der Waals surface area contributed by atoms with Gasteiger partial charge >= 0.3 is 5.97 Å². The molecule has 0 radical (unpaired) electrons. The van der Waals surface area contributed by atoms with E-state index in [4.69, 9.17) is 9.72 Å². The van der Waals surface area contributed by atoms with E-state index in [2.05, 4.69) is 52.9 Å². The number of hydrogen-bond acceptors (Lipinski definition) is 18. The summed E-state index contributed by atoms with van der Waals surface area (Å²) in [5.74, 6) is 6.53. The summed E-state index contributed by atoms with van der Waals surface area (Å²) < 4.78 is 7.14. The Morgan fingerprint density at radius 2 is 1.64 bits per heavy atom. The monoisotopic (exact) mass is 1230 g/mol. The lowest BCUT2D eigenvalue weighted by molar-refractivity contribution is -0.144. The molecule has 0 aliphatic carbocycles. The number of aliphatic hydroxyl groups is 1. The number of piperazine rings is 1. The number of carboxylic acid groups (broad SMARTS) is 1. The van der Waals surface area contributed by atoms with Crippen molar-refractivity contribution in [2.45, 2.75) is 124 Å². The molecule has 0 spiro atoms. The van der Waals surface area contributed by atoms with Crippen molar-refractivity contribution in [3.05, 3.63) is 117 Å². The van der Waals surface area contributed by atoms with Crippen LogP contribution in [0.1, 0.15) is 115 Å². The maximum absolute atomic E-state index is 14.1. The number of carbonyl (C=O) groups excluding carboxylic acids is 4. The van der Waals surface area contributed by atoms with Crippen molar-refractivity contribution in [2.24, 2.45) is 5.41 Å². The summed E-state index contributed by atoms with van der Waals surface area (Å²) in [6, 6.07) is 21.7. The van der Waals surface area contributed by atoms with Crippen LogP contribution in [0.4, 0.5) is 21.9 Å². The maximum Gasteiger partial charge on any atom is 0.355 e. The number of rotatable bonds is 22. The van der Waals surface area contributed by atoms with Gasteiger partial charge in [0, 0.05) is 86.6 Å². The first-order valence-electron chi connectivity index (χ1n) is 29.7. The number of fused-ring (bicyclic) bond motifs is 2. The fourth-order valence-corrected chi connectivity index (χ4v) is 13.9. The number of benzene rings is 3. The SMILES string of the molecule is Cc1ncsc1-c1ccc(CNC(=O)[C@H]2C[C@@H](O)CN2C(=O)[C@H](NC(=O)CCCCCC(=O)N2CCN(CC#Cc3ccc(OCCCc4sc(N5CCCc6c5nnc(Nc5nc7ccccc7s5)c6C)nc4C(=O)O)cc3)CC2)C(C)(C)C)cc1. The lowest BCUT2D eigenvalue weighted by atomic mass is 9.85. The summed E-state index contributed by atoms with van der Waals surface area (Å²) in [5, 5.41) is 40.5. The summed E-state index contributed by atoms with van der Waals surface area (Å²) in [6.07, 6.45) is 4.45. The maximum atomic E-state index is 14.1. The van der Waals surface area contributed by atoms with E-state index >= 15 is 0 Å². The zero-order valence-electron chi connectivity index (χ0n) is 49.8. The number of para-hydroxylation sites is 1. The van der Waals surface area contributed by atoms with Gasteiger partial charge in [0.15, 0.2) is 27.6 Å². The van der Waals surface area contributed by atoms with Crippen LogP contribution < -0.4 is 25.6 Å². The lowest BCUT2D eigenvalue weighted by Crippen LogP contribution is -2.57. The highest BCUT2D eigenvalue weighted by atomic mass is 32.1. The van der Waals surface area contributed by atoms with Crippen LogP contribution in [0.3, 0.4) is 0 Å². The number of thiazole rings is 3. The fourth-order valence-electron chi connectivity index (χ4n) is 11.1. The van der Waals surface area contributed by atoms with Crippen LogP contribution in [-0.2, 0) is 38.6 Å². The van der Waals surface area contributed by atoms with Gasteiger partial charge in [0.2, 0.25) is 23.6 Å². The van der Waals surface area contributed by atoms with Gasteiger partial charge in [-0.2, -0.15) is 0 Å². The van der Waals surface area contributed by atoms with Gasteiger partial charge in [0.25, 0.3) is 0 Å². The van der Waals surface area contributed by atoms with Gasteiger partial charge in [0.05, 0.1) is 45.6 Å². The van der Waals surface area contributed by atoms with Crippen molar-refractivity contribution < 1.29 is 38.9 Å². The molecule has 7 heterocycles. The number of amides is 4. The number of aromatic carboxylic acids is 1. The molecule has 20 nitrogen and oxygen atoms in total. The van der Waals surface area contributed by atoms with Crippen molar-refractivity contribution in [2.75, 3.05) is 62.6 Å². The normalized spacial score (nSPS) is 16.5. The lowest BCUT2D eigenvalue weighted by Gasteiger charge is -2.35. The van der Waals surface area contributed by atoms with Crippen LogP contribution in [0.15, 0.2) is 78.3 Å². The predicted molar refractivity (Wildman–Crippen MR) is 339 cm³/mol. The number of ether oxygens (including phenoxy) is 1. The van der Waals surface area contributed by atoms with Gasteiger partial charge in [-0.1, -0.05) is 86.8 Å². The van der Waals surface area contributed by atoms with E-state index in [0.29, 0.717) is 98.7 Å². The average Bonchev–Trinajstić information content (AvgIpc) is 2.56. The second-order valence-corrected chi connectivity index (χ2v) is 26.3. The number of carbonyl (C=O) groups is 5. The molecule has 87 heavy (non-hydrogen) atoms. The first-order chi connectivity index (χ1) is 41.9. The second kappa shape index (κ2) is 28.3. The number of aryl methyl sites for hydroxylation is 2. The van der Waals surface area contributed by atoms with Crippen molar-refractivity contribution >= 4 is 95.7 Å². The van der Waals surface area contributed by atoms with Crippen LogP contribution in [0.25, 0.3) is 20.7 Å². The number of aliphatic hydroxyl groups excluding tert-OH is 1. The molecule has 23 heteroatoms. The van der Waals surface area contributed by atoms with Crippen LogP contribution in [0, 0.1) is 31.1 Å². The molecule has 3 aliphatic heterocycles. The molecule has 3 aromatic carbocycles. The van der Waals surface area contributed by atoms with E-state index in [1.165, 1.54) is 16.2 Å². The molecule has 4 aromatic heterocycles. The van der Waals surface area contributed by atoms with E-state index in [-0.39, 0.29) is 49.3 Å². The number of carboxylic acids is 1. The third-order valence-corrected chi connectivity index (χ3v) is 19.0. The van der Waals surface area contributed by atoms with Gasteiger partial charge in [-0.05, 0) is 105 Å². The topological polar surface area (TPSA) is 249 Å². The smallest absolute Gasteiger partial charge is 0.355 e.